The fraction of sp³-hybridized carbons (Fsp3) is 0.190. The molecule has 0 unspecified atom stereocenters. The van der Waals surface area contributed by atoms with Crippen LogP contribution in [-0.2, 0) is 16.1 Å². The maximum Gasteiger partial charge on any atom is 0.326 e. The molecule has 0 aliphatic heterocycles. The summed E-state index contributed by atoms with van der Waals surface area (Å²) in [5, 5.41) is 1.68. The molecule has 0 bridgehead atoms. The minimum atomic E-state index is -0.309. The number of aromatic nitrogens is 3. The number of aryl methyl sites for hydroxylation is 1. The zero-order valence-corrected chi connectivity index (χ0v) is 15.3. The fourth-order valence-electron chi connectivity index (χ4n) is 3.44. The molecule has 0 aliphatic rings. The van der Waals surface area contributed by atoms with E-state index in [-0.39, 0.29) is 12.5 Å². The highest BCUT2D eigenvalue weighted by Gasteiger charge is 2.18. The van der Waals surface area contributed by atoms with Crippen LogP contribution in [0.2, 0.25) is 0 Å². The molecule has 2 aromatic heterocycles. The van der Waals surface area contributed by atoms with Crippen LogP contribution in [0.15, 0.2) is 48.8 Å². The minimum Gasteiger partial charge on any atom is -0.465 e. The van der Waals surface area contributed by atoms with Crippen LogP contribution in [-0.4, -0.2) is 27.1 Å². The van der Waals surface area contributed by atoms with Gasteiger partial charge in [0.2, 0.25) is 0 Å². The molecule has 0 radical (unpaired) electrons. The summed E-state index contributed by atoms with van der Waals surface area (Å²) < 4.78 is 6.95. The van der Waals surface area contributed by atoms with Gasteiger partial charge in [-0.1, -0.05) is 35.9 Å². The zero-order chi connectivity index (χ0) is 19.0. The van der Waals surface area contributed by atoms with E-state index in [9.17, 15) is 4.79 Å². The number of ether oxygens (including phenoxy) is 1. The predicted molar refractivity (Wildman–Crippen MR) is 106 cm³/mol. The summed E-state index contributed by atoms with van der Waals surface area (Å²) in [7, 11) is 0. The summed E-state index contributed by atoms with van der Waals surface area (Å²) in [4.78, 5) is 20.6. The number of benzene rings is 2. The standard InChI is InChI=1S/C21H20N4O2/c1-3-27-18(26)11-25-17-8-7-15(14-6-4-5-13(2)9-14)10-16(17)19-20(22)23-12-24-21(19)25/h4-10,12H,3,11H2,1-2H3,(H2,22,23,24). The van der Waals surface area contributed by atoms with E-state index in [0.717, 1.165) is 27.4 Å². The number of fused-ring (bicyclic) bond motifs is 3. The number of esters is 1. The summed E-state index contributed by atoms with van der Waals surface area (Å²) in [6.45, 7) is 4.27. The predicted octanol–water partition coefficient (Wildman–Crippen LogP) is 3.71. The number of rotatable bonds is 4. The van der Waals surface area contributed by atoms with Crippen LogP contribution in [0, 0.1) is 6.92 Å². The van der Waals surface area contributed by atoms with Crippen LogP contribution < -0.4 is 5.73 Å². The zero-order valence-electron chi connectivity index (χ0n) is 15.3. The molecule has 136 valence electrons. The number of hydrogen-bond acceptors (Lipinski definition) is 5. The molecular weight excluding hydrogens is 340 g/mol. The van der Waals surface area contributed by atoms with Gasteiger partial charge in [0.1, 0.15) is 24.3 Å². The Bertz CT molecular complexity index is 1160. The normalized spacial score (nSPS) is 11.2. The Morgan fingerprint density at radius 2 is 1.96 bits per heavy atom. The average Bonchev–Trinajstić information content (AvgIpc) is 2.96. The Hall–Kier alpha value is -3.41. The first-order valence-corrected chi connectivity index (χ1v) is 8.83. The molecule has 4 rings (SSSR count). The van der Waals surface area contributed by atoms with Crippen LogP contribution in [0.1, 0.15) is 12.5 Å². The second-order valence-corrected chi connectivity index (χ2v) is 6.45. The van der Waals surface area contributed by atoms with Crippen molar-refractivity contribution in [1.82, 2.24) is 14.5 Å². The average molecular weight is 360 g/mol. The van der Waals surface area contributed by atoms with Crippen molar-refractivity contribution in [2.24, 2.45) is 0 Å². The summed E-state index contributed by atoms with van der Waals surface area (Å²) in [5.74, 6) is 0.0882. The van der Waals surface area contributed by atoms with E-state index in [0.29, 0.717) is 18.1 Å². The number of carbonyl (C=O) groups is 1. The molecule has 0 spiro atoms. The summed E-state index contributed by atoms with van der Waals surface area (Å²) in [6.07, 6.45) is 1.42. The molecule has 4 aromatic rings. The van der Waals surface area contributed by atoms with Gasteiger partial charge < -0.3 is 15.0 Å². The molecule has 0 aliphatic carbocycles. The van der Waals surface area contributed by atoms with E-state index < -0.39 is 0 Å². The van der Waals surface area contributed by atoms with Crippen molar-refractivity contribution < 1.29 is 9.53 Å². The van der Waals surface area contributed by atoms with E-state index >= 15 is 0 Å². The highest BCUT2D eigenvalue weighted by molar-refractivity contribution is 6.12. The first kappa shape index (κ1) is 17.0. The number of anilines is 1. The molecule has 0 saturated carbocycles. The van der Waals surface area contributed by atoms with Crippen molar-refractivity contribution in [3.05, 3.63) is 54.4 Å². The Kier molecular flexibility index (Phi) is 4.24. The van der Waals surface area contributed by atoms with Crippen LogP contribution in [0.4, 0.5) is 5.82 Å². The molecule has 27 heavy (non-hydrogen) atoms. The van der Waals surface area contributed by atoms with Crippen molar-refractivity contribution in [3.63, 3.8) is 0 Å². The van der Waals surface area contributed by atoms with Crippen molar-refractivity contribution in [2.75, 3.05) is 12.3 Å². The van der Waals surface area contributed by atoms with E-state index in [1.54, 1.807) is 6.92 Å². The Balaban J connectivity index is 1.96. The fourth-order valence-corrected chi connectivity index (χ4v) is 3.44. The lowest BCUT2D eigenvalue weighted by Gasteiger charge is -2.07. The Labute approximate surface area is 156 Å². The van der Waals surface area contributed by atoms with Gasteiger partial charge in [-0.2, -0.15) is 0 Å². The maximum atomic E-state index is 12.1. The lowest BCUT2D eigenvalue weighted by molar-refractivity contribution is -0.143. The first-order chi connectivity index (χ1) is 13.1. The van der Waals surface area contributed by atoms with E-state index in [2.05, 4.69) is 41.2 Å². The maximum absolute atomic E-state index is 12.1. The topological polar surface area (TPSA) is 83.0 Å². The third-order valence-corrected chi connectivity index (χ3v) is 4.61. The molecule has 6 heteroatoms. The van der Waals surface area contributed by atoms with Gasteiger partial charge in [0, 0.05) is 5.39 Å². The van der Waals surface area contributed by atoms with Crippen LogP contribution in [0.5, 0.6) is 0 Å². The van der Waals surface area contributed by atoms with Gasteiger partial charge in [0.05, 0.1) is 17.5 Å². The van der Waals surface area contributed by atoms with E-state index in [1.807, 2.05) is 22.8 Å². The number of nitrogen functional groups attached to an aromatic ring is 1. The largest absolute Gasteiger partial charge is 0.465 e. The molecule has 6 nitrogen and oxygen atoms in total. The first-order valence-electron chi connectivity index (χ1n) is 8.83. The van der Waals surface area contributed by atoms with Gasteiger partial charge in [-0.05, 0) is 37.1 Å². The SMILES string of the molecule is CCOC(=O)Cn1c2ccc(-c3cccc(C)c3)cc2c2c(N)ncnc21. The Morgan fingerprint density at radius 1 is 1.15 bits per heavy atom. The van der Waals surface area contributed by atoms with Gasteiger partial charge >= 0.3 is 5.97 Å². The van der Waals surface area contributed by atoms with Crippen LogP contribution in [0.25, 0.3) is 33.1 Å². The molecule has 0 atom stereocenters. The van der Waals surface area contributed by atoms with Gasteiger partial charge in [-0.3, -0.25) is 4.79 Å². The molecule has 0 amide bonds. The quantitative estimate of drug-likeness (QED) is 0.561. The third-order valence-electron chi connectivity index (χ3n) is 4.61. The van der Waals surface area contributed by atoms with E-state index in [4.69, 9.17) is 10.5 Å². The van der Waals surface area contributed by atoms with Crippen LogP contribution >= 0.6 is 0 Å². The van der Waals surface area contributed by atoms with Gasteiger partial charge in [0.25, 0.3) is 0 Å². The van der Waals surface area contributed by atoms with Crippen LogP contribution in [0.3, 0.4) is 0 Å². The second-order valence-electron chi connectivity index (χ2n) is 6.45. The van der Waals surface area contributed by atoms with Crippen molar-refractivity contribution in [3.8, 4) is 11.1 Å². The summed E-state index contributed by atoms with van der Waals surface area (Å²) in [5.41, 5.74) is 11.1. The number of nitrogens with two attached hydrogens (primary N) is 1. The van der Waals surface area contributed by atoms with Crippen molar-refractivity contribution in [1.29, 1.82) is 0 Å². The molecule has 0 saturated heterocycles. The molecule has 2 N–H and O–H groups in total. The number of nitrogens with zero attached hydrogens (tertiary/aromatic N) is 3. The Morgan fingerprint density at radius 3 is 2.74 bits per heavy atom. The summed E-state index contributed by atoms with van der Waals surface area (Å²) >= 11 is 0. The molecular formula is C21H20N4O2. The third kappa shape index (κ3) is 2.99. The second kappa shape index (κ2) is 6.72. The lowest BCUT2D eigenvalue weighted by Crippen LogP contribution is -2.13. The number of hydrogen-bond donors (Lipinski definition) is 1. The lowest BCUT2D eigenvalue weighted by atomic mass is 10.0. The molecule has 2 aromatic carbocycles. The van der Waals surface area contributed by atoms with Gasteiger partial charge in [0.15, 0.2) is 0 Å². The highest BCUT2D eigenvalue weighted by atomic mass is 16.5. The molecule has 0 fully saturated rings. The number of carbonyl (C=O) groups excluding carboxylic acids is 1. The minimum absolute atomic E-state index is 0.0775. The van der Waals surface area contributed by atoms with Gasteiger partial charge in [-0.15, -0.1) is 0 Å². The summed E-state index contributed by atoms with van der Waals surface area (Å²) in [6, 6.07) is 14.4. The smallest absolute Gasteiger partial charge is 0.326 e. The van der Waals surface area contributed by atoms with Crippen molar-refractivity contribution >= 4 is 33.7 Å². The monoisotopic (exact) mass is 360 g/mol. The highest BCUT2D eigenvalue weighted by Crippen LogP contribution is 2.34. The van der Waals surface area contributed by atoms with Gasteiger partial charge in [-0.25, -0.2) is 9.97 Å². The van der Waals surface area contributed by atoms with Crippen molar-refractivity contribution in [2.45, 2.75) is 20.4 Å². The van der Waals surface area contributed by atoms with E-state index in [1.165, 1.54) is 11.9 Å². The molecule has 2 heterocycles.